The molecule has 9 aromatic carbocycles. The van der Waals surface area contributed by atoms with Gasteiger partial charge in [0.05, 0.1) is 16.4 Å². The van der Waals surface area contributed by atoms with Crippen LogP contribution >= 0.6 is 0 Å². The zero-order valence-corrected chi connectivity index (χ0v) is 31.2. The van der Waals surface area contributed by atoms with Gasteiger partial charge in [0.15, 0.2) is 0 Å². The number of hydrogen-bond donors (Lipinski definition) is 0. The molecule has 2 aliphatic rings. The maximum Gasteiger partial charge on any atom is 0.0725 e. The van der Waals surface area contributed by atoms with Crippen LogP contribution in [-0.2, 0) is 5.41 Å². The molecule has 0 N–H and O–H groups in total. The predicted octanol–water partition coefficient (Wildman–Crippen LogP) is 14.3. The Kier molecular flexibility index (Phi) is 6.88. The van der Waals surface area contributed by atoms with Crippen molar-refractivity contribution in [3.05, 3.63) is 241 Å². The zero-order valence-electron chi connectivity index (χ0n) is 31.2. The molecule has 0 radical (unpaired) electrons. The summed E-state index contributed by atoms with van der Waals surface area (Å²) in [7, 11) is 0. The molecule has 2 nitrogen and oxygen atoms in total. The first kappa shape index (κ1) is 31.9. The van der Waals surface area contributed by atoms with Crippen LogP contribution in [0.1, 0.15) is 22.3 Å². The van der Waals surface area contributed by atoms with Crippen molar-refractivity contribution in [2.75, 3.05) is 4.90 Å². The van der Waals surface area contributed by atoms with Crippen LogP contribution in [0.4, 0.5) is 17.1 Å². The predicted molar refractivity (Wildman–Crippen MR) is 237 cm³/mol. The molecule has 10 aromatic rings. The number of nitrogens with zero attached hydrogens (tertiary/aromatic N) is 2. The number of fused-ring (bicyclic) bond motifs is 13. The van der Waals surface area contributed by atoms with Crippen LogP contribution in [0.5, 0.6) is 0 Å². The van der Waals surface area contributed by atoms with Gasteiger partial charge in [0.25, 0.3) is 0 Å². The van der Waals surface area contributed by atoms with Crippen LogP contribution in [-0.4, -0.2) is 4.57 Å². The van der Waals surface area contributed by atoms with Gasteiger partial charge in [-0.1, -0.05) is 152 Å². The van der Waals surface area contributed by atoms with Gasteiger partial charge in [-0.25, -0.2) is 0 Å². The molecule has 57 heavy (non-hydrogen) atoms. The molecule has 1 heterocycles. The molecule has 1 aromatic heterocycles. The lowest BCUT2D eigenvalue weighted by atomic mass is 9.70. The molecular weight excluding hydrogens is 689 g/mol. The number of para-hydroxylation sites is 2. The minimum Gasteiger partial charge on any atom is -0.310 e. The van der Waals surface area contributed by atoms with Gasteiger partial charge in [-0.15, -0.1) is 0 Å². The van der Waals surface area contributed by atoms with E-state index in [-0.39, 0.29) is 0 Å². The summed E-state index contributed by atoms with van der Waals surface area (Å²) in [5, 5.41) is 2.47. The van der Waals surface area contributed by atoms with Gasteiger partial charge in [0.2, 0.25) is 0 Å². The Bertz CT molecular complexity index is 3110. The average Bonchev–Trinajstić information content (AvgIpc) is 3.88. The van der Waals surface area contributed by atoms with Crippen molar-refractivity contribution in [2.24, 2.45) is 0 Å². The molecule has 1 spiro atoms. The quantitative estimate of drug-likeness (QED) is 0.172. The van der Waals surface area contributed by atoms with E-state index in [0.29, 0.717) is 0 Å². The Morgan fingerprint density at radius 2 is 0.789 bits per heavy atom. The fourth-order valence-corrected chi connectivity index (χ4v) is 10.0. The van der Waals surface area contributed by atoms with Gasteiger partial charge in [0, 0.05) is 33.5 Å². The third kappa shape index (κ3) is 4.53. The second-order valence-corrected chi connectivity index (χ2v) is 15.3. The number of aromatic nitrogens is 1. The topological polar surface area (TPSA) is 8.17 Å². The van der Waals surface area contributed by atoms with Crippen LogP contribution < -0.4 is 4.90 Å². The highest BCUT2D eigenvalue weighted by atomic mass is 15.1. The second-order valence-electron chi connectivity index (χ2n) is 15.3. The molecule has 0 amide bonds. The first-order chi connectivity index (χ1) is 28.3. The molecular formula is C55H36N2. The van der Waals surface area contributed by atoms with Crippen molar-refractivity contribution >= 4 is 38.9 Å². The molecule has 0 atom stereocenters. The Hall–Kier alpha value is -7.42. The Balaban J connectivity index is 1.14. The normalized spacial score (nSPS) is 13.1. The van der Waals surface area contributed by atoms with Crippen LogP contribution in [0.15, 0.2) is 218 Å². The van der Waals surface area contributed by atoms with Crippen molar-refractivity contribution < 1.29 is 0 Å². The minimum atomic E-state index is -0.414. The van der Waals surface area contributed by atoms with E-state index >= 15 is 0 Å². The largest absolute Gasteiger partial charge is 0.310 e. The van der Waals surface area contributed by atoms with E-state index in [1.165, 1.54) is 77.4 Å². The smallest absolute Gasteiger partial charge is 0.0725 e. The first-order valence-electron chi connectivity index (χ1n) is 19.8. The van der Waals surface area contributed by atoms with Crippen molar-refractivity contribution in [1.29, 1.82) is 0 Å². The van der Waals surface area contributed by atoms with Gasteiger partial charge in [0.1, 0.15) is 0 Å². The molecule has 2 aliphatic carbocycles. The van der Waals surface area contributed by atoms with E-state index in [2.05, 4.69) is 228 Å². The Morgan fingerprint density at radius 3 is 1.42 bits per heavy atom. The van der Waals surface area contributed by atoms with E-state index in [0.717, 1.165) is 22.7 Å². The number of benzene rings is 9. The van der Waals surface area contributed by atoms with E-state index in [4.69, 9.17) is 0 Å². The van der Waals surface area contributed by atoms with E-state index in [1.54, 1.807) is 0 Å². The summed E-state index contributed by atoms with van der Waals surface area (Å²) in [6.07, 6.45) is 0. The molecule has 0 fully saturated rings. The van der Waals surface area contributed by atoms with E-state index in [9.17, 15) is 0 Å². The van der Waals surface area contributed by atoms with Crippen LogP contribution in [0.25, 0.3) is 60.9 Å². The van der Waals surface area contributed by atoms with Gasteiger partial charge in [-0.3, -0.25) is 0 Å². The highest BCUT2D eigenvalue weighted by Crippen LogP contribution is 2.63. The molecule has 12 rings (SSSR count). The molecule has 0 aliphatic heterocycles. The van der Waals surface area contributed by atoms with E-state index < -0.39 is 5.41 Å². The molecule has 0 saturated heterocycles. The third-order valence-corrected chi connectivity index (χ3v) is 12.4. The molecule has 0 unspecified atom stereocenters. The molecule has 0 saturated carbocycles. The van der Waals surface area contributed by atoms with E-state index in [1.807, 2.05) is 0 Å². The summed E-state index contributed by atoms with van der Waals surface area (Å²) in [5.74, 6) is 0. The zero-order chi connectivity index (χ0) is 37.5. The van der Waals surface area contributed by atoms with Crippen LogP contribution in [0.2, 0.25) is 0 Å². The monoisotopic (exact) mass is 724 g/mol. The number of hydrogen-bond acceptors (Lipinski definition) is 1. The highest BCUT2D eigenvalue weighted by Gasteiger charge is 2.51. The number of rotatable bonds is 5. The lowest BCUT2D eigenvalue weighted by Crippen LogP contribution is -2.25. The summed E-state index contributed by atoms with van der Waals surface area (Å²) < 4.78 is 2.46. The first-order valence-corrected chi connectivity index (χ1v) is 19.8. The van der Waals surface area contributed by atoms with Crippen molar-refractivity contribution in [3.63, 3.8) is 0 Å². The maximum atomic E-state index is 2.54. The summed E-state index contributed by atoms with van der Waals surface area (Å²) in [6, 6.07) is 80.4. The number of anilines is 3. The van der Waals surface area contributed by atoms with Crippen molar-refractivity contribution in [2.45, 2.75) is 5.41 Å². The van der Waals surface area contributed by atoms with Gasteiger partial charge >= 0.3 is 0 Å². The van der Waals surface area contributed by atoms with Gasteiger partial charge in [-0.05, 0) is 122 Å². The third-order valence-electron chi connectivity index (χ3n) is 12.4. The standard InChI is InChI=1S/C55H36N2/c1-4-16-37(17-5-1)38-28-30-41(31-29-38)56(39-18-6-2-7-19-39)42-32-33-53-47(34-42)48-35-52-46(36-54(48)57(53)40-20-8-3-9-21-40)45-24-12-15-27-51(45)55(52)49-25-13-10-22-43(49)44-23-11-14-26-50(44)55/h1-36H. The lowest BCUT2D eigenvalue weighted by molar-refractivity contribution is 0.795. The Labute approximate surface area is 332 Å². The average molecular weight is 725 g/mol. The van der Waals surface area contributed by atoms with Crippen molar-refractivity contribution in [1.82, 2.24) is 4.57 Å². The molecule has 2 heteroatoms. The summed E-state index contributed by atoms with van der Waals surface area (Å²) in [6.45, 7) is 0. The maximum absolute atomic E-state index is 2.54. The SMILES string of the molecule is c1ccc(-c2ccc(N(c3ccccc3)c3ccc4c(c3)c3cc5c(cc3n4-c3ccccc3)-c3ccccc3C53c4ccccc4-c4ccccc43)cc2)cc1. The Morgan fingerprint density at radius 1 is 0.316 bits per heavy atom. The minimum absolute atomic E-state index is 0.414. The molecule has 0 bridgehead atoms. The summed E-state index contributed by atoms with van der Waals surface area (Å²) >= 11 is 0. The highest BCUT2D eigenvalue weighted by molar-refractivity contribution is 6.13. The van der Waals surface area contributed by atoms with Crippen LogP contribution in [0, 0.1) is 0 Å². The fraction of sp³-hybridized carbons (Fsp3) is 0.0182. The van der Waals surface area contributed by atoms with Crippen molar-refractivity contribution in [3.8, 4) is 39.1 Å². The van der Waals surface area contributed by atoms with Crippen LogP contribution in [0.3, 0.4) is 0 Å². The lowest BCUT2D eigenvalue weighted by Gasteiger charge is -2.30. The van der Waals surface area contributed by atoms with Gasteiger partial charge < -0.3 is 9.47 Å². The summed E-state index contributed by atoms with van der Waals surface area (Å²) in [4.78, 5) is 2.38. The van der Waals surface area contributed by atoms with Gasteiger partial charge in [-0.2, -0.15) is 0 Å². The fourth-order valence-electron chi connectivity index (χ4n) is 10.0. The second kappa shape index (κ2) is 12.3. The summed E-state index contributed by atoms with van der Waals surface area (Å²) in [5.41, 5.74) is 19.6. The molecule has 266 valence electrons.